The van der Waals surface area contributed by atoms with Gasteiger partial charge in [0.1, 0.15) is 5.04 Å². The molecule has 0 bridgehead atoms. The topological polar surface area (TPSA) is 89.5 Å². The summed E-state index contributed by atoms with van der Waals surface area (Å²) in [6.45, 7) is 10.3. The van der Waals surface area contributed by atoms with Gasteiger partial charge in [0.05, 0.1) is 24.8 Å². The minimum atomic E-state index is -3.58. The van der Waals surface area contributed by atoms with Crippen molar-refractivity contribution in [2.45, 2.75) is 34.6 Å². The summed E-state index contributed by atoms with van der Waals surface area (Å²) >= 11 is 2.49. The molecule has 1 aliphatic heterocycles. The zero-order valence-corrected chi connectivity index (χ0v) is 20.1. The lowest BCUT2D eigenvalue weighted by atomic mass is 9.97. The number of hydrogen-bond donors (Lipinski definition) is 1. The molecule has 1 saturated heterocycles. The molecule has 0 unspecified atom stereocenters. The van der Waals surface area contributed by atoms with E-state index in [9.17, 15) is 9.36 Å². The molecule has 1 aromatic carbocycles. The lowest BCUT2D eigenvalue weighted by Crippen LogP contribution is -2.34. The number of nitrogens with one attached hydrogen (secondary N) is 1. The molecule has 0 aromatic heterocycles. The van der Waals surface area contributed by atoms with E-state index >= 15 is 0 Å². The average Bonchev–Trinajstić information content (AvgIpc) is 2.68. The number of anilines is 1. The molecule has 0 aliphatic carbocycles. The van der Waals surface area contributed by atoms with Crippen LogP contribution in [0.2, 0.25) is 0 Å². The molecular weight excluding hydrogens is 433 g/mol. The van der Waals surface area contributed by atoms with Crippen LogP contribution in [0.3, 0.4) is 0 Å². The highest BCUT2D eigenvalue weighted by molar-refractivity contribution is 8.13. The maximum Gasteiger partial charge on any atom is 0.445 e. The van der Waals surface area contributed by atoms with Crippen LogP contribution in [0, 0.1) is 19.3 Å². The number of thioether (sulfide) groups is 1. The summed E-state index contributed by atoms with van der Waals surface area (Å²) < 4.78 is 26.3. The first-order chi connectivity index (χ1) is 13.6. The third-order valence-corrected chi connectivity index (χ3v) is 8.05. The van der Waals surface area contributed by atoms with Crippen LogP contribution < -0.4 is 9.39 Å². The molecule has 2 rings (SSSR count). The first-order valence-electron chi connectivity index (χ1n) is 9.00. The highest BCUT2D eigenvalue weighted by Gasteiger charge is 2.42. The molecule has 1 heterocycles. The molecule has 0 atom stereocenters. The molecule has 11 heteroatoms. The number of hydrogen-bond acceptors (Lipinski definition) is 8. The fourth-order valence-corrected chi connectivity index (χ4v) is 5.57. The lowest BCUT2D eigenvalue weighted by Gasteiger charge is -2.38. The van der Waals surface area contributed by atoms with Gasteiger partial charge in [0.2, 0.25) is 0 Å². The van der Waals surface area contributed by atoms with E-state index < -0.39 is 13.8 Å². The van der Waals surface area contributed by atoms with Gasteiger partial charge >= 0.3 is 13.8 Å². The third-order valence-electron chi connectivity index (χ3n) is 4.13. The van der Waals surface area contributed by atoms with Gasteiger partial charge in [-0.2, -0.15) is 0 Å². The second-order valence-corrected chi connectivity index (χ2v) is 11.4. The van der Waals surface area contributed by atoms with Crippen LogP contribution in [-0.4, -0.2) is 36.5 Å². The molecule has 8 nitrogen and oxygen atoms in total. The van der Waals surface area contributed by atoms with E-state index in [1.165, 1.54) is 15.8 Å². The third kappa shape index (κ3) is 6.93. The Morgan fingerprint density at radius 2 is 1.97 bits per heavy atom. The van der Waals surface area contributed by atoms with Crippen molar-refractivity contribution in [2.24, 2.45) is 10.6 Å². The number of amides is 1. The van der Waals surface area contributed by atoms with E-state index in [1.54, 1.807) is 6.92 Å². The zero-order valence-electron chi connectivity index (χ0n) is 17.6. The van der Waals surface area contributed by atoms with Crippen LogP contribution in [0.5, 0.6) is 0 Å². The minimum absolute atomic E-state index is 0.0969. The Balaban J connectivity index is 2.12. The number of aryl methyl sites for hydroxylation is 2. The largest absolute Gasteiger partial charge is 0.445 e. The van der Waals surface area contributed by atoms with Crippen LogP contribution in [0.1, 0.15) is 31.9 Å². The first kappa shape index (κ1) is 24.1. The van der Waals surface area contributed by atoms with Crippen molar-refractivity contribution < 1.29 is 23.2 Å². The van der Waals surface area contributed by atoms with Crippen LogP contribution in [0.4, 0.5) is 10.5 Å². The van der Waals surface area contributed by atoms with Crippen LogP contribution >= 0.6 is 31.5 Å². The van der Waals surface area contributed by atoms with Gasteiger partial charge in [-0.3, -0.25) is 13.9 Å². The number of benzene rings is 1. The van der Waals surface area contributed by atoms with E-state index in [1.807, 2.05) is 52.1 Å². The van der Waals surface area contributed by atoms with Gasteiger partial charge in [0, 0.05) is 5.41 Å². The molecule has 0 spiro atoms. The molecule has 0 saturated carbocycles. The Morgan fingerprint density at radius 3 is 2.55 bits per heavy atom. The molecule has 1 amide bonds. The maximum absolute atomic E-state index is 13.4. The van der Waals surface area contributed by atoms with Gasteiger partial charge in [-0.05, 0) is 62.2 Å². The summed E-state index contributed by atoms with van der Waals surface area (Å²) in [5.74, 6) is 0.0969. The van der Waals surface area contributed by atoms with E-state index in [0.717, 1.165) is 23.1 Å². The number of rotatable bonds is 6. The van der Waals surface area contributed by atoms with Gasteiger partial charge in [-0.1, -0.05) is 25.1 Å². The smallest absolute Gasteiger partial charge is 0.309 e. The summed E-state index contributed by atoms with van der Waals surface area (Å²) in [4.78, 5) is 16.6. The normalized spacial score (nSPS) is 18.2. The van der Waals surface area contributed by atoms with Crippen molar-refractivity contribution in [3.63, 3.8) is 0 Å². The van der Waals surface area contributed by atoms with E-state index in [4.69, 9.17) is 13.9 Å². The zero-order chi connectivity index (χ0) is 21.7. The van der Waals surface area contributed by atoms with Gasteiger partial charge < -0.3 is 5.32 Å². The predicted molar refractivity (Wildman–Crippen MR) is 120 cm³/mol. The molecule has 0 radical (unpaired) electrons. The van der Waals surface area contributed by atoms with Crippen molar-refractivity contribution in [1.82, 2.24) is 5.32 Å². The van der Waals surface area contributed by atoms with Gasteiger partial charge in [-0.15, -0.1) is 11.8 Å². The standard InChI is InChI=1S/C18H28N3O5PS2/c1-13-7-8-16(9-14(13)2)21(27(23)24-10-18(4,5)11-25-27)29-12-19-17(22)26-20-15(3)28-6/h7-9H,10-12H2,1-6H3,(H,19,22)/b20-15+. The van der Waals surface area contributed by atoms with Gasteiger partial charge in [0.15, 0.2) is 0 Å². The van der Waals surface area contributed by atoms with Crippen molar-refractivity contribution in [3.05, 3.63) is 29.3 Å². The Morgan fingerprint density at radius 1 is 1.31 bits per heavy atom. The number of oxime groups is 1. The number of nitrogens with zero attached hydrogens (tertiary/aromatic N) is 2. The predicted octanol–water partition coefficient (Wildman–Crippen LogP) is 5.32. The summed E-state index contributed by atoms with van der Waals surface area (Å²) in [7, 11) is -3.58. The van der Waals surface area contributed by atoms with Crippen LogP contribution in [-0.2, 0) is 18.5 Å². The average molecular weight is 462 g/mol. The van der Waals surface area contributed by atoms with Crippen molar-refractivity contribution in [1.29, 1.82) is 0 Å². The van der Waals surface area contributed by atoms with E-state index in [-0.39, 0.29) is 11.3 Å². The highest BCUT2D eigenvalue weighted by Crippen LogP contribution is 2.61. The quantitative estimate of drug-likeness (QED) is 0.116. The molecule has 1 aliphatic rings. The molecule has 29 heavy (non-hydrogen) atoms. The summed E-state index contributed by atoms with van der Waals surface area (Å²) in [5.41, 5.74) is 2.62. The van der Waals surface area contributed by atoms with Gasteiger partial charge in [0.25, 0.3) is 0 Å². The van der Waals surface area contributed by atoms with Crippen molar-refractivity contribution >= 4 is 48.3 Å². The fraction of sp³-hybridized carbons (Fsp3) is 0.556. The maximum atomic E-state index is 13.4. The molecule has 162 valence electrons. The Labute approximate surface area is 180 Å². The Kier molecular flexibility index (Phi) is 8.48. The van der Waals surface area contributed by atoms with Crippen LogP contribution in [0.15, 0.2) is 23.4 Å². The monoisotopic (exact) mass is 461 g/mol. The molecule has 1 N–H and O–H groups in total. The Hall–Kier alpha value is -1.19. The SMILES string of the molecule is CS/C(C)=N/OC(=O)NCSN(c1ccc(C)c(C)c1)P1(=O)OCC(C)(C)CO1. The lowest BCUT2D eigenvalue weighted by molar-refractivity contribution is 0.0423. The fourth-order valence-electron chi connectivity index (χ4n) is 2.16. The first-order valence-corrected chi connectivity index (χ1v) is 12.7. The second kappa shape index (κ2) is 10.2. The summed E-state index contributed by atoms with van der Waals surface area (Å²) in [5, 5.41) is 6.88. The molecular formula is C18H28N3O5PS2. The van der Waals surface area contributed by atoms with E-state index in [0.29, 0.717) is 23.9 Å². The molecule has 1 fully saturated rings. The van der Waals surface area contributed by atoms with Crippen molar-refractivity contribution in [3.8, 4) is 0 Å². The number of carbonyl (C=O) groups excluding carboxylic acids is 1. The molecule has 1 aromatic rings. The summed E-state index contributed by atoms with van der Waals surface area (Å²) in [6, 6.07) is 5.71. The van der Waals surface area contributed by atoms with E-state index in [2.05, 4.69) is 10.5 Å². The van der Waals surface area contributed by atoms with Gasteiger partial charge in [-0.25, -0.2) is 13.4 Å². The minimum Gasteiger partial charge on any atom is -0.309 e. The Bertz CT molecular complexity index is 805. The second-order valence-electron chi connectivity index (χ2n) is 7.36. The highest BCUT2D eigenvalue weighted by atomic mass is 32.2. The number of carbonyl (C=O) groups is 1. The summed E-state index contributed by atoms with van der Waals surface area (Å²) in [6.07, 6.45) is 1.14. The van der Waals surface area contributed by atoms with Crippen LogP contribution in [0.25, 0.3) is 0 Å². The van der Waals surface area contributed by atoms with Crippen molar-refractivity contribution in [2.75, 3.05) is 29.4 Å².